The molecule has 1 aromatic carbocycles. The van der Waals surface area contributed by atoms with Crippen molar-refractivity contribution >= 4 is 11.9 Å². The van der Waals surface area contributed by atoms with E-state index >= 15 is 0 Å². The average Bonchev–Trinajstić information content (AvgIpc) is 3.38. The summed E-state index contributed by atoms with van der Waals surface area (Å²) in [6.45, 7) is 1.39. The van der Waals surface area contributed by atoms with E-state index in [1.165, 1.54) is 0 Å². The minimum Gasteiger partial charge on any atom is -0.455 e. The Bertz CT molecular complexity index is 685. The second kappa shape index (κ2) is 6.87. The molecule has 0 aromatic heterocycles. The zero-order chi connectivity index (χ0) is 17.9. The van der Waals surface area contributed by atoms with Gasteiger partial charge in [0.15, 0.2) is 6.61 Å². The van der Waals surface area contributed by atoms with Crippen LogP contribution >= 0.6 is 0 Å². The Balaban J connectivity index is 1.63. The molecule has 0 heterocycles. The topological polar surface area (TPSA) is 79.2 Å². The van der Waals surface area contributed by atoms with E-state index in [0.29, 0.717) is 0 Å². The third-order valence-electron chi connectivity index (χ3n) is 5.53. The van der Waals surface area contributed by atoms with E-state index < -0.39 is 16.9 Å². The van der Waals surface area contributed by atoms with Gasteiger partial charge >= 0.3 is 5.97 Å². The van der Waals surface area contributed by atoms with Gasteiger partial charge in [0.05, 0.1) is 11.5 Å². The number of hydrogen-bond acceptors (Lipinski definition) is 4. The molecule has 0 spiro atoms. The van der Waals surface area contributed by atoms with Gasteiger partial charge in [0, 0.05) is 0 Å². The van der Waals surface area contributed by atoms with Gasteiger partial charge in [0.25, 0.3) is 5.91 Å². The predicted octanol–water partition coefficient (Wildman–Crippen LogP) is 2.85. The smallest absolute Gasteiger partial charge is 0.317 e. The van der Waals surface area contributed by atoms with Gasteiger partial charge in [0.1, 0.15) is 5.54 Å². The molecule has 2 aliphatic rings. The molecule has 0 bridgehead atoms. The number of carbonyl (C=O) groups excluding carboxylic acids is 2. The SMILES string of the molecule is C[C@@](C#N)(NC(=O)COC(=O)C1(c2ccccc2)CCCC1)C1CC1. The Kier molecular flexibility index (Phi) is 4.80. The first-order valence-corrected chi connectivity index (χ1v) is 8.95. The van der Waals surface area contributed by atoms with Gasteiger partial charge in [-0.2, -0.15) is 5.26 Å². The van der Waals surface area contributed by atoms with Gasteiger partial charge in [0.2, 0.25) is 0 Å². The zero-order valence-corrected chi connectivity index (χ0v) is 14.6. The van der Waals surface area contributed by atoms with Crippen LogP contribution < -0.4 is 5.32 Å². The van der Waals surface area contributed by atoms with Gasteiger partial charge < -0.3 is 10.1 Å². The van der Waals surface area contributed by atoms with Gasteiger partial charge in [-0.15, -0.1) is 0 Å². The lowest BCUT2D eigenvalue weighted by atomic mass is 9.79. The van der Waals surface area contributed by atoms with Crippen LogP contribution in [0.1, 0.15) is 51.0 Å². The largest absolute Gasteiger partial charge is 0.455 e. The standard InChI is InChI=1S/C20H24N2O3/c1-19(14-21,15-9-10-15)22-17(23)13-25-18(24)20(11-5-6-12-20)16-7-3-2-4-8-16/h2-4,7-8,15H,5-6,9-13H2,1H3,(H,22,23)/t19-/m0/s1. The Morgan fingerprint density at radius 3 is 2.48 bits per heavy atom. The summed E-state index contributed by atoms with van der Waals surface area (Å²) in [6.07, 6.45) is 5.34. The third-order valence-corrected chi connectivity index (χ3v) is 5.53. The lowest BCUT2D eigenvalue weighted by molar-refractivity contribution is -0.154. The van der Waals surface area contributed by atoms with Crippen molar-refractivity contribution in [2.75, 3.05) is 6.61 Å². The van der Waals surface area contributed by atoms with Crippen molar-refractivity contribution < 1.29 is 14.3 Å². The van der Waals surface area contributed by atoms with Crippen LogP contribution in [0.2, 0.25) is 0 Å². The molecule has 2 saturated carbocycles. The number of ether oxygens (including phenoxy) is 1. The molecule has 5 heteroatoms. The van der Waals surface area contributed by atoms with Crippen LogP contribution in [-0.2, 0) is 19.7 Å². The van der Waals surface area contributed by atoms with E-state index in [1.807, 2.05) is 30.3 Å². The van der Waals surface area contributed by atoms with Crippen LogP contribution in [0.15, 0.2) is 30.3 Å². The first-order chi connectivity index (χ1) is 12.0. The molecule has 2 aliphatic carbocycles. The molecular weight excluding hydrogens is 316 g/mol. The number of rotatable bonds is 6. The average molecular weight is 340 g/mol. The van der Waals surface area contributed by atoms with E-state index in [2.05, 4.69) is 11.4 Å². The number of nitriles is 1. The Morgan fingerprint density at radius 2 is 1.92 bits per heavy atom. The van der Waals surface area contributed by atoms with E-state index in [9.17, 15) is 14.9 Å². The molecule has 0 saturated heterocycles. The number of nitrogens with one attached hydrogen (secondary N) is 1. The molecule has 3 rings (SSSR count). The van der Waals surface area contributed by atoms with E-state index in [-0.39, 0.29) is 18.5 Å². The monoisotopic (exact) mass is 340 g/mol. The quantitative estimate of drug-likeness (QED) is 0.808. The molecule has 0 radical (unpaired) electrons. The van der Waals surface area contributed by atoms with Crippen molar-refractivity contribution in [3.63, 3.8) is 0 Å². The summed E-state index contributed by atoms with van der Waals surface area (Å²) in [6, 6.07) is 11.8. The van der Waals surface area contributed by atoms with Crippen LogP contribution in [-0.4, -0.2) is 24.0 Å². The molecule has 1 amide bonds. The summed E-state index contributed by atoms with van der Waals surface area (Å²) in [5, 5.41) is 12.0. The lowest BCUT2D eigenvalue weighted by Crippen LogP contribution is -2.48. The van der Waals surface area contributed by atoms with Gasteiger partial charge in [-0.3, -0.25) is 9.59 Å². The molecule has 2 fully saturated rings. The highest BCUT2D eigenvalue weighted by Crippen LogP contribution is 2.42. The minimum atomic E-state index is -0.867. The molecule has 25 heavy (non-hydrogen) atoms. The van der Waals surface area contributed by atoms with Crippen molar-refractivity contribution in [3.05, 3.63) is 35.9 Å². The summed E-state index contributed by atoms with van der Waals surface area (Å²) < 4.78 is 5.38. The summed E-state index contributed by atoms with van der Waals surface area (Å²) in [5.74, 6) is -0.551. The minimum absolute atomic E-state index is 0.197. The molecule has 132 valence electrons. The van der Waals surface area contributed by atoms with Crippen molar-refractivity contribution in [1.82, 2.24) is 5.32 Å². The molecule has 1 atom stereocenters. The van der Waals surface area contributed by atoms with Crippen molar-refractivity contribution in [1.29, 1.82) is 5.26 Å². The van der Waals surface area contributed by atoms with Crippen LogP contribution in [0.5, 0.6) is 0 Å². The van der Waals surface area contributed by atoms with Crippen LogP contribution in [0, 0.1) is 17.2 Å². The number of nitrogens with zero attached hydrogens (tertiary/aromatic N) is 1. The highest BCUT2D eigenvalue weighted by molar-refractivity contribution is 5.87. The highest BCUT2D eigenvalue weighted by Gasteiger charge is 2.45. The molecule has 1 aromatic rings. The van der Waals surface area contributed by atoms with Crippen molar-refractivity contribution in [2.24, 2.45) is 5.92 Å². The first-order valence-electron chi connectivity index (χ1n) is 8.95. The molecular formula is C20H24N2O3. The number of esters is 1. The van der Waals surface area contributed by atoms with Gasteiger partial charge in [-0.05, 0) is 44.1 Å². The number of carbonyl (C=O) groups is 2. The molecule has 5 nitrogen and oxygen atoms in total. The van der Waals surface area contributed by atoms with Crippen molar-refractivity contribution in [3.8, 4) is 6.07 Å². The van der Waals surface area contributed by atoms with Gasteiger partial charge in [-0.1, -0.05) is 43.2 Å². The summed E-state index contributed by atoms with van der Waals surface area (Å²) in [7, 11) is 0. The summed E-state index contributed by atoms with van der Waals surface area (Å²) in [5.41, 5.74) is -0.553. The fourth-order valence-corrected chi connectivity index (χ4v) is 3.82. The maximum atomic E-state index is 12.8. The Hall–Kier alpha value is -2.35. The maximum absolute atomic E-state index is 12.8. The lowest BCUT2D eigenvalue weighted by Gasteiger charge is -2.28. The zero-order valence-electron chi connectivity index (χ0n) is 14.6. The van der Waals surface area contributed by atoms with Gasteiger partial charge in [-0.25, -0.2) is 0 Å². The highest BCUT2D eigenvalue weighted by atomic mass is 16.5. The number of amides is 1. The first kappa shape index (κ1) is 17.5. The van der Waals surface area contributed by atoms with E-state index in [4.69, 9.17) is 4.74 Å². The predicted molar refractivity (Wildman–Crippen MR) is 92.4 cm³/mol. The Morgan fingerprint density at radius 1 is 1.28 bits per heavy atom. The van der Waals surface area contributed by atoms with Crippen LogP contribution in [0.4, 0.5) is 0 Å². The third kappa shape index (κ3) is 3.53. The second-order valence-electron chi connectivity index (χ2n) is 7.37. The number of benzene rings is 1. The van der Waals surface area contributed by atoms with Crippen LogP contribution in [0.3, 0.4) is 0 Å². The fourth-order valence-electron chi connectivity index (χ4n) is 3.82. The Labute approximate surface area is 148 Å². The maximum Gasteiger partial charge on any atom is 0.317 e. The number of hydrogen-bond donors (Lipinski definition) is 1. The summed E-state index contributed by atoms with van der Waals surface area (Å²) in [4.78, 5) is 25.0. The van der Waals surface area contributed by atoms with Crippen LogP contribution in [0.25, 0.3) is 0 Å². The van der Waals surface area contributed by atoms with E-state index in [0.717, 1.165) is 44.1 Å². The van der Waals surface area contributed by atoms with Crippen molar-refractivity contribution in [2.45, 2.75) is 56.4 Å². The molecule has 0 aliphatic heterocycles. The molecule has 1 N–H and O–H groups in total. The molecule has 0 unspecified atom stereocenters. The second-order valence-corrected chi connectivity index (χ2v) is 7.37. The van der Waals surface area contributed by atoms with E-state index in [1.54, 1.807) is 6.92 Å². The summed E-state index contributed by atoms with van der Waals surface area (Å²) >= 11 is 0. The normalized spacial score (nSPS) is 21.0. The fraction of sp³-hybridized carbons (Fsp3) is 0.550.